The molecule has 0 aliphatic carbocycles. The number of hydrogen-bond donors (Lipinski definition) is 1. The number of nitrogens with zero attached hydrogens (tertiary/aromatic N) is 4. The normalized spacial score (nSPS) is 17.5. The van der Waals surface area contributed by atoms with Gasteiger partial charge in [-0.15, -0.1) is 0 Å². The summed E-state index contributed by atoms with van der Waals surface area (Å²) in [6.07, 6.45) is 0.252. The molecule has 1 aromatic carbocycles. The van der Waals surface area contributed by atoms with E-state index in [0.717, 1.165) is 6.54 Å². The number of nitrogens with one attached hydrogen (secondary N) is 1. The molecule has 8 heteroatoms. The molecule has 0 radical (unpaired) electrons. The smallest absolute Gasteiger partial charge is 0.228 e. The van der Waals surface area contributed by atoms with Gasteiger partial charge in [0.2, 0.25) is 11.8 Å². The molecule has 1 aliphatic heterocycles. The van der Waals surface area contributed by atoms with Gasteiger partial charge in [0.05, 0.1) is 23.5 Å². The Kier molecular flexibility index (Phi) is 5.22. The minimum atomic E-state index is -0.334. The third kappa shape index (κ3) is 4.01. The van der Waals surface area contributed by atoms with Gasteiger partial charge in [0.15, 0.2) is 0 Å². The fraction of sp³-hybridized carbons (Fsp3) is 0.500. The molecule has 0 bridgehead atoms. The Bertz CT molecular complexity index is 819. The highest BCUT2D eigenvalue weighted by atomic mass is 19.1. The second-order valence-corrected chi connectivity index (χ2v) is 7.08. The highest BCUT2D eigenvalue weighted by Crippen LogP contribution is 2.21. The van der Waals surface area contributed by atoms with Crippen molar-refractivity contribution < 1.29 is 14.0 Å². The predicted molar refractivity (Wildman–Crippen MR) is 95.8 cm³/mol. The van der Waals surface area contributed by atoms with Crippen molar-refractivity contribution in [2.75, 3.05) is 40.8 Å². The lowest BCUT2D eigenvalue weighted by Crippen LogP contribution is -2.36. The summed E-state index contributed by atoms with van der Waals surface area (Å²) in [5.74, 6) is -0.110. The molecule has 26 heavy (non-hydrogen) atoms. The number of halogens is 1. The number of likely N-dealkylation sites (N-methyl/N-ethyl adjacent to an activating group) is 1. The van der Waals surface area contributed by atoms with Crippen LogP contribution in [0.5, 0.6) is 0 Å². The fourth-order valence-electron chi connectivity index (χ4n) is 3.20. The quantitative estimate of drug-likeness (QED) is 0.835. The number of likely N-dealkylation sites (tertiary alicyclic amines) is 1. The van der Waals surface area contributed by atoms with Crippen LogP contribution in [-0.4, -0.2) is 77.3 Å². The van der Waals surface area contributed by atoms with Crippen LogP contribution in [0.2, 0.25) is 0 Å². The minimum absolute atomic E-state index is 0.0258. The molecule has 1 aliphatic rings. The van der Waals surface area contributed by atoms with Crippen LogP contribution in [0.4, 0.5) is 4.39 Å². The SMILES string of the molecule is CN(C)CCN1C[C@@H](C(=O)N(C)Cc2nc3ccc(F)cc3[nH]2)CC1=O. The first kappa shape index (κ1) is 18.3. The first-order valence-corrected chi connectivity index (χ1v) is 8.65. The lowest BCUT2D eigenvalue weighted by atomic mass is 10.1. The number of rotatable bonds is 6. The van der Waals surface area contributed by atoms with Crippen LogP contribution in [0, 0.1) is 11.7 Å². The van der Waals surface area contributed by atoms with E-state index in [4.69, 9.17) is 0 Å². The first-order valence-electron chi connectivity index (χ1n) is 8.65. The van der Waals surface area contributed by atoms with E-state index in [1.165, 1.54) is 12.1 Å². The maximum Gasteiger partial charge on any atom is 0.228 e. The molecule has 2 heterocycles. The van der Waals surface area contributed by atoms with E-state index in [9.17, 15) is 14.0 Å². The first-order chi connectivity index (χ1) is 12.3. The second kappa shape index (κ2) is 7.41. The van der Waals surface area contributed by atoms with Gasteiger partial charge in [-0.1, -0.05) is 0 Å². The number of benzene rings is 1. The van der Waals surface area contributed by atoms with E-state index in [-0.39, 0.29) is 36.5 Å². The molecule has 140 valence electrons. The molecule has 2 aromatic rings. The van der Waals surface area contributed by atoms with Crippen LogP contribution in [0.3, 0.4) is 0 Å². The number of H-pyrrole nitrogens is 1. The van der Waals surface area contributed by atoms with Crippen LogP contribution in [-0.2, 0) is 16.1 Å². The lowest BCUT2D eigenvalue weighted by Gasteiger charge is -2.21. The Morgan fingerprint density at radius 1 is 1.38 bits per heavy atom. The molecule has 1 N–H and O–H groups in total. The Morgan fingerprint density at radius 2 is 2.15 bits per heavy atom. The second-order valence-electron chi connectivity index (χ2n) is 7.08. The minimum Gasteiger partial charge on any atom is -0.341 e. The highest BCUT2D eigenvalue weighted by molar-refractivity contribution is 5.89. The molecule has 1 atom stereocenters. The largest absolute Gasteiger partial charge is 0.341 e. The zero-order valence-electron chi connectivity index (χ0n) is 15.3. The number of imidazole rings is 1. The van der Waals surface area contributed by atoms with Crippen molar-refractivity contribution in [3.05, 3.63) is 29.8 Å². The lowest BCUT2D eigenvalue weighted by molar-refractivity contribution is -0.135. The van der Waals surface area contributed by atoms with Crippen LogP contribution >= 0.6 is 0 Å². The van der Waals surface area contributed by atoms with Crippen molar-refractivity contribution in [2.24, 2.45) is 5.92 Å². The Balaban J connectivity index is 1.61. The van der Waals surface area contributed by atoms with Crippen molar-refractivity contribution in [1.29, 1.82) is 0 Å². The summed E-state index contributed by atoms with van der Waals surface area (Å²) in [6.45, 7) is 2.16. The summed E-state index contributed by atoms with van der Waals surface area (Å²) in [7, 11) is 5.61. The van der Waals surface area contributed by atoms with Crippen LogP contribution < -0.4 is 0 Å². The number of amides is 2. The maximum absolute atomic E-state index is 13.3. The predicted octanol–water partition coefficient (Wildman–Crippen LogP) is 1.07. The van der Waals surface area contributed by atoms with Gasteiger partial charge >= 0.3 is 0 Å². The van der Waals surface area contributed by atoms with Gasteiger partial charge in [0, 0.05) is 33.1 Å². The van der Waals surface area contributed by atoms with Gasteiger partial charge in [-0.25, -0.2) is 9.37 Å². The topological polar surface area (TPSA) is 72.5 Å². The van der Waals surface area contributed by atoms with Crippen LogP contribution in [0.25, 0.3) is 11.0 Å². The Labute approximate surface area is 151 Å². The zero-order valence-corrected chi connectivity index (χ0v) is 15.3. The van der Waals surface area contributed by atoms with Gasteiger partial charge in [-0.05, 0) is 32.3 Å². The van der Waals surface area contributed by atoms with Gasteiger partial charge < -0.3 is 19.7 Å². The summed E-state index contributed by atoms with van der Waals surface area (Å²) >= 11 is 0. The third-order valence-electron chi connectivity index (χ3n) is 4.64. The van der Waals surface area contributed by atoms with E-state index < -0.39 is 0 Å². The summed E-state index contributed by atoms with van der Waals surface area (Å²) in [5.41, 5.74) is 1.26. The average molecular weight is 361 g/mol. The average Bonchev–Trinajstić information content (AvgIpc) is 3.14. The number of carbonyl (C=O) groups excluding carboxylic acids is 2. The monoisotopic (exact) mass is 361 g/mol. The van der Waals surface area contributed by atoms with Gasteiger partial charge in [0.25, 0.3) is 0 Å². The number of fused-ring (bicyclic) bond motifs is 1. The molecule has 1 saturated heterocycles. The van der Waals surface area contributed by atoms with Gasteiger partial charge in [-0.2, -0.15) is 0 Å². The fourth-order valence-corrected chi connectivity index (χ4v) is 3.20. The van der Waals surface area contributed by atoms with E-state index >= 15 is 0 Å². The molecule has 7 nitrogen and oxygen atoms in total. The van der Waals surface area contributed by atoms with Crippen molar-refractivity contribution in [3.8, 4) is 0 Å². The molecular formula is C18H24FN5O2. The van der Waals surface area contributed by atoms with Crippen molar-refractivity contribution in [2.45, 2.75) is 13.0 Å². The Morgan fingerprint density at radius 3 is 2.88 bits per heavy atom. The number of aromatic amines is 1. The summed E-state index contributed by atoms with van der Waals surface area (Å²) < 4.78 is 13.3. The van der Waals surface area contributed by atoms with E-state index in [0.29, 0.717) is 29.9 Å². The van der Waals surface area contributed by atoms with E-state index in [1.54, 1.807) is 22.9 Å². The third-order valence-corrected chi connectivity index (χ3v) is 4.64. The molecule has 3 rings (SSSR count). The number of aromatic nitrogens is 2. The van der Waals surface area contributed by atoms with Crippen molar-refractivity contribution in [1.82, 2.24) is 24.7 Å². The molecule has 0 saturated carbocycles. The number of carbonyl (C=O) groups is 2. The summed E-state index contributed by atoms with van der Waals surface area (Å²) in [4.78, 5) is 37.5. The van der Waals surface area contributed by atoms with Gasteiger partial charge in [0.1, 0.15) is 11.6 Å². The molecular weight excluding hydrogens is 337 g/mol. The molecule has 1 aromatic heterocycles. The van der Waals surface area contributed by atoms with Gasteiger partial charge in [-0.3, -0.25) is 9.59 Å². The van der Waals surface area contributed by atoms with Crippen LogP contribution in [0.1, 0.15) is 12.2 Å². The molecule has 1 fully saturated rings. The summed E-state index contributed by atoms with van der Waals surface area (Å²) in [6, 6.07) is 4.34. The maximum atomic E-state index is 13.3. The zero-order chi connectivity index (χ0) is 18.8. The van der Waals surface area contributed by atoms with Crippen molar-refractivity contribution in [3.63, 3.8) is 0 Å². The molecule has 0 unspecified atom stereocenters. The van der Waals surface area contributed by atoms with E-state index in [2.05, 4.69) is 9.97 Å². The van der Waals surface area contributed by atoms with Crippen LogP contribution in [0.15, 0.2) is 18.2 Å². The van der Waals surface area contributed by atoms with E-state index in [1.807, 2.05) is 19.0 Å². The standard InChI is InChI=1S/C18H24FN5O2/c1-22(2)6-7-24-10-12(8-17(24)25)18(26)23(3)11-16-20-14-5-4-13(19)9-15(14)21-16/h4-5,9,12H,6-8,10-11H2,1-3H3,(H,20,21)/t12-/m0/s1. The Hall–Kier alpha value is -2.48. The molecule has 2 amide bonds. The number of hydrogen-bond acceptors (Lipinski definition) is 4. The van der Waals surface area contributed by atoms with Crippen molar-refractivity contribution >= 4 is 22.8 Å². The summed E-state index contributed by atoms with van der Waals surface area (Å²) in [5, 5.41) is 0. The highest BCUT2D eigenvalue weighted by Gasteiger charge is 2.35. The molecule has 0 spiro atoms.